The van der Waals surface area contributed by atoms with E-state index in [1.54, 1.807) is 6.92 Å². The normalized spacial score (nSPS) is 14.6. The third-order valence-electron chi connectivity index (χ3n) is 2.71. The molecule has 2 atom stereocenters. The summed E-state index contributed by atoms with van der Waals surface area (Å²) in [7, 11) is 0. The fourth-order valence-corrected chi connectivity index (χ4v) is 1.45. The highest BCUT2D eigenvalue weighted by Gasteiger charge is 2.16. The number of amides is 2. The molecule has 5 heteroatoms. The standard InChI is InChI=1S/C14H29N3O2/c1-7-10(2)16-13(19)11(3)15-9-8-12(18)17-14(4,5)6/h10-11,15H,7-9H2,1-6H3,(H,16,19)(H,17,18). The fraction of sp³-hybridized carbons (Fsp3) is 0.857. The van der Waals surface area contributed by atoms with E-state index < -0.39 is 0 Å². The van der Waals surface area contributed by atoms with Crippen molar-refractivity contribution in [2.75, 3.05) is 6.54 Å². The Hall–Kier alpha value is -1.10. The van der Waals surface area contributed by atoms with Crippen LogP contribution in [0.2, 0.25) is 0 Å². The van der Waals surface area contributed by atoms with Gasteiger partial charge in [-0.25, -0.2) is 0 Å². The molecule has 0 saturated heterocycles. The molecule has 5 nitrogen and oxygen atoms in total. The molecule has 2 unspecified atom stereocenters. The van der Waals surface area contributed by atoms with Crippen molar-refractivity contribution in [1.82, 2.24) is 16.0 Å². The summed E-state index contributed by atoms with van der Waals surface area (Å²) in [5.74, 6) is -0.0277. The van der Waals surface area contributed by atoms with Crippen LogP contribution in [0.25, 0.3) is 0 Å². The van der Waals surface area contributed by atoms with Crippen LogP contribution in [0.3, 0.4) is 0 Å². The van der Waals surface area contributed by atoms with Gasteiger partial charge in [-0.1, -0.05) is 6.92 Å². The maximum absolute atomic E-state index is 11.7. The van der Waals surface area contributed by atoms with Gasteiger partial charge in [0.2, 0.25) is 11.8 Å². The van der Waals surface area contributed by atoms with Crippen LogP contribution in [-0.4, -0.2) is 36.0 Å². The number of nitrogens with one attached hydrogen (secondary N) is 3. The second-order valence-corrected chi connectivity index (χ2v) is 6.04. The molecular weight excluding hydrogens is 242 g/mol. The van der Waals surface area contributed by atoms with E-state index in [9.17, 15) is 9.59 Å². The van der Waals surface area contributed by atoms with Crippen LogP contribution in [0.4, 0.5) is 0 Å². The lowest BCUT2D eigenvalue weighted by Gasteiger charge is -2.21. The Morgan fingerprint density at radius 3 is 2.21 bits per heavy atom. The highest BCUT2D eigenvalue weighted by atomic mass is 16.2. The molecule has 0 rings (SSSR count). The average Bonchev–Trinajstić information content (AvgIpc) is 2.25. The van der Waals surface area contributed by atoms with E-state index in [2.05, 4.69) is 16.0 Å². The van der Waals surface area contributed by atoms with E-state index in [-0.39, 0.29) is 29.4 Å². The Kier molecular flexibility index (Phi) is 7.68. The minimum Gasteiger partial charge on any atom is -0.352 e. The SMILES string of the molecule is CCC(C)NC(=O)C(C)NCCC(=O)NC(C)(C)C. The van der Waals surface area contributed by atoms with Gasteiger partial charge in [-0.3, -0.25) is 9.59 Å². The van der Waals surface area contributed by atoms with Crippen molar-refractivity contribution < 1.29 is 9.59 Å². The molecule has 0 aromatic carbocycles. The van der Waals surface area contributed by atoms with Crippen LogP contribution in [0.15, 0.2) is 0 Å². The van der Waals surface area contributed by atoms with Gasteiger partial charge in [0.15, 0.2) is 0 Å². The van der Waals surface area contributed by atoms with E-state index in [1.165, 1.54) is 0 Å². The van der Waals surface area contributed by atoms with Crippen LogP contribution in [-0.2, 0) is 9.59 Å². The first-order valence-corrected chi connectivity index (χ1v) is 7.00. The molecule has 0 fully saturated rings. The number of hydrogen-bond acceptors (Lipinski definition) is 3. The van der Waals surface area contributed by atoms with E-state index in [4.69, 9.17) is 0 Å². The molecule has 3 N–H and O–H groups in total. The first-order valence-electron chi connectivity index (χ1n) is 7.00. The zero-order valence-electron chi connectivity index (χ0n) is 13.1. The van der Waals surface area contributed by atoms with Crippen molar-refractivity contribution in [3.63, 3.8) is 0 Å². The molecule has 0 aromatic rings. The van der Waals surface area contributed by atoms with Crippen molar-refractivity contribution in [1.29, 1.82) is 0 Å². The van der Waals surface area contributed by atoms with Crippen LogP contribution in [0, 0.1) is 0 Å². The third-order valence-corrected chi connectivity index (χ3v) is 2.71. The van der Waals surface area contributed by atoms with Crippen molar-refractivity contribution in [2.24, 2.45) is 0 Å². The summed E-state index contributed by atoms with van der Waals surface area (Å²) in [5.41, 5.74) is -0.212. The van der Waals surface area contributed by atoms with Crippen molar-refractivity contribution in [2.45, 2.75) is 72.0 Å². The molecule has 0 spiro atoms. The molecule has 2 amide bonds. The summed E-state index contributed by atoms with van der Waals surface area (Å²) in [6.45, 7) is 12.1. The van der Waals surface area contributed by atoms with Gasteiger partial charge in [-0.05, 0) is 41.0 Å². The lowest BCUT2D eigenvalue weighted by Crippen LogP contribution is -2.47. The van der Waals surface area contributed by atoms with Crippen LogP contribution in [0.5, 0.6) is 0 Å². The lowest BCUT2D eigenvalue weighted by molar-refractivity contribution is -0.124. The number of carbonyl (C=O) groups is 2. The zero-order chi connectivity index (χ0) is 15.1. The van der Waals surface area contributed by atoms with Crippen molar-refractivity contribution >= 4 is 11.8 Å². The average molecular weight is 271 g/mol. The maximum atomic E-state index is 11.7. The first-order chi connectivity index (χ1) is 8.65. The Labute approximate surface area is 116 Å². The zero-order valence-corrected chi connectivity index (χ0v) is 13.1. The summed E-state index contributed by atoms with van der Waals surface area (Å²) in [6, 6.07) is -0.0997. The molecule has 0 radical (unpaired) electrons. The Morgan fingerprint density at radius 2 is 1.74 bits per heavy atom. The van der Waals surface area contributed by atoms with Gasteiger partial charge < -0.3 is 16.0 Å². The molecule has 0 bridgehead atoms. The fourth-order valence-electron chi connectivity index (χ4n) is 1.45. The van der Waals surface area contributed by atoms with Crippen molar-refractivity contribution in [3.8, 4) is 0 Å². The molecule has 0 saturated carbocycles. The third kappa shape index (κ3) is 9.47. The monoisotopic (exact) mass is 271 g/mol. The highest BCUT2D eigenvalue weighted by Crippen LogP contribution is 1.98. The first kappa shape index (κ1) is 17.9. The predicted molar refractivity (Wildman–Crippen MR) is 77.9 cm³/mol. The van der Waals surface area contributed by atoms with E-state index in [0.29, 0.717) is 13.0 Å². The molecule has 0 aliphatic carbocycles. The highest BCUT2D eigenvalue weighted by molar-refractivity contribution is 5.81. The summed E-state index contributed by atoms with van der Waals surface area (Å²) in [4.78, 5) is 23.3. The molecule has 0 aromatic heterocycles. The molecule has 0 aliphatic heterocycles. The maximum Gasteiger partial charge on any atom is 0.237 e. The molecular formula is C14H29N3O2. The van der Waals surface area contributed by atoms with Crippen LogP contribution < -0.4 is 16.0 Å². The van der Waals surface area contributed by atoms with Gasteiger partial charge >= 0.3 is 0 Å². The second kappa shape index (κ2) is 8.15. The minimum absolute atomic E-state index is 0.00506. The van der Waals surface area contributed by atoms with Gasteiger partial charge in [0.05, 0.1) is 6.04 Å². The topological polar surface area (TPSA) is 70.2 Å². The van der Waals surface area contributed by atoms with Gasteiger partial charge in [-0.2, -0.15) is 0 Å². The van der Waals surface area contributed by atoms with Gasteiger partial charge in [-0.15, -0.1) is 0 Å². The second-order valence-electron chi connectivity index (χ2n) is 6.04. The minimum atomic E-state index is -0.281. The van der Waals surface area contributed by atoms with Gasteiger partial charge in [0, 0.05) is 24.5 Å². The van der Waals surface area contributed by atoms with E-state index in [1.807, 2.05) is 34.6 Å². The number of hydrogen-bond donors (Lipinski definition) is 3. The predicted octanol–water partition coefficient (Wildman–Crippen LogP) is 1.18. The molecule has 19 heavy (non-hydrogen) atoms. The summed E-state index contributed by atoms with van der Waals surface area (Å²) >= 11 is 0. The Bertz CT molecular complexity index is 298. The lowest BCUT2D eigenvalue weighted by atomic mass is 10.1. The van der Waals surface area contributed by atoms with Gasteiger partial charge in [0.1, 0.15) is 0 Å². The number of rotatable bonds is 7. The van der Waals surface area contributed by atoms with E-state index >= 15 is 0 Å². The van der Waals surface area contributed by atoms with Gasteiger partial charge in [0.25, 0.3) is 0 Å². The van der Waals surface area contributed by atoms with Crippen LogP contribution >= 0.6 is 0 Å². The Morgan fingerprint density at radius 1 is 1.16 bits per heavy atom. The van der Waals surface area contributed by atoms with Crippen LogP contribution in [0.1, 0.15) is 54.4 Å². The molecule has 112 valence electrons. The largest absolute Gasteiger partial charge is 0.352 e. The summed E-state index contributed by atoms with van der Waals surface area (Å²) < 4.78 is 0. The number of carbonyl (C=O) groups excluding carboxylic acids is 2. The smallest absolute Gasteiger partial charge is 0.237 e. The summed E-state index contributed by atoms with van der Waals surface area (Å²) in [6.07, 6.45) is 1.28. The van der Waals surface area contributed by atoms with Crippen molar-refractivity contribution in [3.05, 3.63) is 0 Å². The molecule has 0 aliphatic rings. The summed E-state index contributed by atoms with van der Waals surface area (Å²) in [5, 5.41) is 8.84. The van der Waals surface area contributed by atoms with E-state index in [0.717, 1.165) is 6.42 Å². The molecule has 0 heterocycles. The quantitative estimate of drug-likeness (QED) is 0.651. The Balaban J connectivity index is 3.88.